The van der Waals surface area contributed by atoms with Crippen LogP contribution >= 0.6 is 0 Å². The summed E-state index contributed by atoms with van der Waals surface area (Å²) in [5.41, 5.74) is 0.166. The fourth-order valence-corrected chi connectivity index (χ4v) is 2.09. The van der Waals surface area contributed by atoms with Gasteiger partial charge in [0, 0.05) is 25.9 Å². The van der Waals surface area contributed by atoms with E-state index in [9.17, 15) is 14.4 Å². The molecule has 2 rings (SSSR count). The highest BCUT2D eigenvalue weighted by atomic mass is 16.5. The van der Waals surface area contributed by atoms with Gasteiger partial charge in [-0.05, 0) is 24.1 Å². The third-order valence-electron chi connectivity index (χ3n) is 3.47. The monoisotopic (exact) mass is 317 g/mol. The minimum atomic E-state index is -0.511. The highest BCUT2D eigenvalue weighted by Gasteiger charge is 2.06. The first-order chi connectivity index (χ1) is 11.0. The molecule has 0 atom stereocenters. The van der Waals surface area contributed by atoms with Crippen LogP contribution in [0.5, 0.6) is 5.75 Å². The van der Waals surface area contributed by atoms with Crippen LogP contribution in [-0.4, -0.2) is 28.7 Å². The van der Waals surface area contributed by atoms with Crippen LogP contribution in [0, 0.1) is 0 Å². The number of carbonyl (C=O) groups excluding carboxylic acids is 1. The molecule has 2 aromatic rings. The number of amides is 1. The molecule has 23 heavy (non-hydrogen) atoms. The van der Waals surface area contributed by atoms with Crippen molar-refractivity contribution in [2.24, 2.45) is 7.05 Å². The number of aromatic nitrogens is 2. The summed E-state index contributed by atoms with van der Waals surface area (Å²) in [6.07, 6.45) is 2.01. The van der Waals surface area contributed by atoms with Gasteiger partial charge in [0.15, 0.2) is 0 Å². The van der Waals surface area contributed by atoms with Gasteiger partial charge in [-0.1, -0.05) is 12.1 Å². The lowest BCUT2D eigenvalue weighted by molar-refractivity contribution is -0.121. The van der Waals surface area contributed by atoms with Gasteiger partial charge in [-0.25, -0.2) is 4.79 Å². The third-order valence-corrected chi connectivity index (χ3v) is 3.47. The zero-order valence-electron chi connectivity index (χ0n) is 13.1. The van der Waals surface area contributed by atoms with Crippen molar-refractivity contribution in [1.29, 1.82) is 0 Å². The summed E-state index contributed by atoms with van der Waals surface area (Å²) in [4.78, 5) is 35.0. The summed E-state index contributed by atoms with van der Waals surface area (Å²) in [5, 5.41) is 2.75. The first kappa shape index (κ1) is 16.5. The largest absolute Gasteiger partial charge is 0.497 e. The van der Waals surface area contributed by atoms with Crippen LogP contribution in [0.25, 0.3) is 0 Å². The van der Waals surface area contributed by atoms with E-state index in [-0.39, 0.29) is 12.5 Å². The molecule has 1 heterocycles. The second-order valence-corrected chi connectivity index (χ2v) is 5.07. The molecule has 1 aromatic heterocycles. The van der Waals surface area contributed by atoms with Gasteiger partial charge in [0.05, 0.1) is 7.11 Å². The van der Waals surface area contributed by atoms with Crippen LogP contribution in [0.15, 0.2) is 46.1 Å². The smallest absolute Gasteiger partial charge is 0.331 e. The molecule has 1 amide bonds. The molecule has 0 spiro atoms. The predicted octanol–water partition coefficient (Wildman–Crippen LogP) is -0.0855. The molecule has 7 heteroatoms. The third kappa shape index (κ3) is 4.32. The van der Waals surface area contributed by atoms with E-state index in [1.807, 2.05) is 24.3 Å². The molecular formula is C16H19N3O4. The van der Waals surface area contributed by atoms with Crippen molar-refractivity contribution in [2.45, 2.75) is 13.0 Å². The zero-order chi connectivity index (χ0) is 16.8. The van der Waals surface area contributed by atoms with E-state index >= 15 is 0 Å². The van der Waals surface area contributed by atoms with Gasteiger partial charge in [0.25, 0.3) is 5.56 Å². The first-order valence-corrected chi connectivity index (χ1v) is 7.17. The van der Waals surface area contributed by atoms with Crippen LogP contribution in [0.2, 0.25) is 0 Å². The predicted molar refractivity (Wildman–Crippen MR) is 85.7 cm³/mol. The van der Waals surface area contributed by atoms with Crippen molar-refractivity contribution in [3.8, 4) is 5.75 Å². The van der Waals surface area contributed by atoms with Crippen molar-refractivity contribution in [1.82, 2.24) is 14.5 Å². The maximum Gasteiger partial charge on any atom is 0.331 e. The minimum Gasteiger partial charge on any atom is -0.497 e. The number of ether oxygens (including phenoxy) is 1. The number of carbonyl (C=O) groups is 1. The molecule has 7 nitrogen and oxygen atoms in total. The van der Waals surface area contributed by atoms with Gasteiger partial charge in [-0.2, -0.15) is 0 Å². The van der Waals surface area contributed by atoms with Gasteiger partial charge < -0.3 is 10.1 Å². The summed E-state index contributed by atoms with van der Waals surface area (Å²) in [6, 6.07) is 8.85. The van der Waals surface area contributed by atoms with Gasteiger partial charge >= 0.3 is 5.69 Å². The van der Waals surface area contributed by atoms with E-state index in [4.69, 9.17) is 4.74 Å². The van der Waals surface area contributed by atoms with E-state index in [0.29, 0.717) is 13.0 Å². The topological polar surface area (TPSA) is 82.3 Å². The van der Waals surface area contributed by atoms with E-state index in [2.05, 4.69) is 5.32 Å². The first-order valence-electron chi connectivity index (χ1n) is 7.17. The number of nitrogens with one attached hydrogen (secondary N) is 1. The summed E-state index contributed by atoms with van der Waals surface area (Å²) in [6.45, 7) is 0.348. The molecular weight excluding hydrogens is 298 g/mol. The average Bonchev–Trinajstić information content (AvgIpc) is 2.56. The molecule has 0 aliphatic rings. The highest BCUT2D eigenvalue weighted by molar-refractivity contribution is 5.75. The molecule has 0 unspecified atom stereocenters. The standard InChI is InChI=1S/C16H19N3O4/c1-18-15(21)8-10-19(16(18)22)11-14(20)17-9-7-12-3-5-13(23-2)6-4-12/h3-6,8,10H,7,9,11H2,1-2H3,(H,17,20). The minimum absolute atomic E-state index is 0.116. The average molecular weight is 317 g/mol. The Morgan fingerprint density at radius 1 is 1.17 bits per heavy atom. The maximum absolute atomic E-state index is 11.9. The Kier molecular flexibility index (Phi) is 5.35. The van der Waals surface area contributed by atoms with E-state index in [1.165, 1.54) is 23.9 Å². The van der Waals surface area contributed by atoms with Crippen LogP contribution in [0.3, 0.4) is 0 Å². The van der Waals surface area contributed by atoms with Crippen molar-refractivity contribution < 1.29 is 9.53 Å². The molecule has 0 aliphatic heterocycles. The molecule has 1 N–H and O–H groups in total. The maximum atomic E-state index is 11.9. The molecule has 0 saturated heterocycles. The van der Waals surface area contributed by atoms with Gasteiger partial charge in [0.2, 0.25) is 5.91 Å². The Bertz CT molecular complexity index is 790. The van der Waals surface area contributed by atoms with Crippen LogP contribution in [0.1, 0.15) is 5.56 Å². The van der Waals surface area contributed by atoms with Crippen LogP contribution in [-0.2, 0) is 24.8 Å². The Morgan fingerprint density at radius 3 is 2.52 bits per heavy atom. The number of hydrogen-bond donors (Lipinski definition) is 1. The molecule has 1 aromatic carbocycles. The Hall–Kier alpha value is -2.83. The summed E-state index contributed by atoms with van der Waals surface area (Å²) >= 11 is 0. The normalized spacial score (nSPS) is 10.3. The number of benzene rings is 1. The van der Waals surface area contributed by atoms with Crippen molar-refractivity contribution in [3.05, 3.63) is 62.9 Å². The van der Waals surface area contributed by atoms with Crippen LogP contribution in [0.4, 0.5) is 0 Å². The Balaban J connectivity index is 1.87. The van der Waals surface area contributed by atoms with Crippen LogP contribution < -0.4 is 21.3 Å². The van der Waals surface area contributed by atoms with Gasteiger partial charge in [-0.3, -0.25) is 18.7 Å². The van der Waals surface area contributed by atoms with E-state index in [0.717, 1.165) is 15.9 Å². The van der Waals surface area contributed by atoms with E-state index in [1.54, 1.807) is 7.11 Å². The Morgan fingerprint density at radius 2 is 1.87 bits per heavy atom. The SMILES string of the molecule is COc1ccc(CCNC(=O)Cn2ccc(=O)n(C)c2=O)cc1. The van der Waals surface area contributed by atoms with E-state index < -0.39 is 11.2 Å². The molecule has 0 aliphatic carbocycles. The summed E-state index contributed by atoms with van der Waals surface area (Å²) in [7, 11) is 2.99. The number of nitrogens with zero attached hydrogens (tertiary/aromatic N) is 2. The lowest BCUT2D eigenvalue weighted by Crippen LogP contribution is -2.40. The van der Waals surface area contributed by atoms with Crippen molar-refractivity contribution in [2.75, 3.05) is 13.7 Å². The van der Waals surface area contributed by atoms with Gasteiger partial charge in [0.1, 0.15) is 12.3 Å². The lowest BCUT2D eigenvalue weighted by Gasteiger charge is -2.08. The molecule has 0 bridgehead atoms. The zero-order valence-corrected chi connectivity index (χ0v) is 13.1. The number of rotatable bonds is 6. The quantitative estimate of drug-likeness (QED) is 0.807. The highest BCUT2D eigenvalue weighted by Crippen LogP contribution is 2.11. The second-order valence-electron chi connectivity index (χ2n) is 5.07. The molecule has 0 radical (unpaired) electrons. The second kappa shape index (κ2) is 7.44. The van der Waals surface area contributed by atoms with Crippen molar-refractivity contribution in [3.63, 3.8) is 0 Å². The summed E-state index contributed by atoms with van der Waals surface area (Å²) in [5.74, 6) is 0.506. The summed E-state index contributed by atoms with van der Waals surface area (Å²) < 4.78 is 7.24. The number of hydrogen-bond acceptors (Lipinski definition) is 4. The molecule has 0 fully saturated rings. The molecule has 0 saturated carbocycles. The lowest BCUT2D eigenvalue weighted by atomic mass is 10.1. The molecule has 122 valence electrons. The van der Waals surface area contributed by atoms with Gasteiger partial charge in [-0.15, -0.1) is 0 Å². The number of methoxy groups -OCH3 is 1. The fraction of sp³-hybridized carbons (Fsp3) is 0.312. The fourth-order valence-electron chi connectivity index (χ4n) is 2.09. The Labute approximate surface area is 133 Å². The van der Waals surface area contributed by atoms with Crippen molar-refractivity contribution >= 4 is 5.91 Å².